The highest BCUT2D eigenvalue weighted by atomic mass is 19.1. The van der Waals surface area contributed by atoms with Gasteiger partial charge in [-0.2, -0.15) is 9.49 Å². The second-order valence-electron chi connectivity index (χ2n) is 6.75. The van der Waals surface area contributed by atoms with E-state index < -0.39 is 5.60 Å². The summed E-state index contributed by atoms with van der Waals surface area (Å²) in [7, 11) is 1.59. The van der Waals surface area contributed by atoms with E-state index in [1.807, 2.05) is 31.2 Å². The smallest absolute Gasteiger partial charge is 0.216 e. The van der Waals surface area contributed by atoms with Crippen molar-refractivity contribution in [3.63, 3.8) is 0 Å². The first kappa shape index (κ1) is 17.5. The average Bonchev–Trinajstić information content (AvgIpc) is 2.69. The van der Waals surface area contributed by atoms with E-state index in [9.17, 15) is 9.50 Å². The predicted octanol–water partition coefficient (Wildman–Crippen LogP) is 3.73. The fourth-order valence-electron chi connectivity index (χ4n) is 3.07. The SMILES string of the molecule is Cc1nn(C)c(F)c1CNc1ccccc1C(C)(O)CC(C)C. The molecule has 0 saturated heterocycles. The summed E-state index contributed by atoms with van der Waals surface area (Å²) in [5, 5.41) is 18.2. The first-order valence-electron chi connectivity index (χ1n) is 7.96. The molecule has 0 radical (unpaired) electrons. The number of halogens is 1. The van der Waals surface area contributed by atoms with E-state index in [2.05, 4.69) is 24.3 Å². The van der Waals surface area contributed by atoms with E-state index in [0.717, 1.165) is 11.3 Å². The van der Waals surface area contributed by atoms with Crippen LogP contribution in [-0.2, 0) is 19.2 Å². The molecule has 0 aliphatic carbocycles. The lowest BCUT2D eigenvalue weighted by Crippen LogP contribution is -2.25. The van der Waals surface area contributed by atoms with Crippen LogP contribution in [0.1, 0.15) is 44.0 Å². The Morgan fingerprint density at radius 3 is 2.57 bits per heavy atom. The molecule has 126 valence electrons. The van der Waals surface area contributed by atoms with Gasteiger partial charge in [-0.15, -0.1) is 0 Å². The third kappa shape index (κ3) is 3.91. The number of aromatic nitrogens is 2. The Morgan fingerprint density at radius 2 is 2.00 bits per heavy atom. The van der Waals surface area contributed by atoms with Crippen LogP contribution in [0, 0.1) is 18.8 Å². The summed E-state index contributed by atoms with van der Waals surface area (Å²) in [5.74, 6) is 0.0393. The molecule has 0 aliphatic heterocycles. The number of nitrogens with one attached hydrogen (secondary N) is 1. The van der Waals surface area contributed by atoms with Gasteiger partial charge in [0.25, 0.3) is 0 Å². The molecule has 2 rings (SSSR count). The van der Waals surface area contributed by atoms with Crippen molar-refractivity contribution in [3.05, 3.63) is 47.0 Å². The van der Waals surface area contributed by atoms with Crippen LogP contribution in [0.5, 0.6) is 0 Å². The van der Waals surface area contributed by atoms with Gasteiger partial charge >= 0.3 is 0 Å². The molecule has 1 aromatic carbocycles. The number of nitrogens with zero attached hydrogens (tertiary/aromatic N) is 2. The molecule has 0 aliphatic rings. The topological polar surface area (TPSA) is 50.1 Å². The van der Waals surface area contributed by atoms with Crippen LogP contribution >= 0.6 is 0 Å². The molecule has 1 atom stereocenters. The van der Waals surface area contributed by atoms with Gasteiger partial charge < -0.3 is 10.4 Å². The lowest BCUT2D eigenvalue weighted by molar-refractivity contribution is 0.0355. The molecule has 0 bridgehead atoms. The summed E-state index contributed by atoms with van der Waals surface area (Å²) in [4.78, 5) is 0. The Labute approximate surface area is 137 Å². The standard InChI is InChI=1S/C18H26FN3O/c1-12(2)10-18(4,23)15-8-6-7-9-16(15)20-11-14-13(3)21-22(5)17(14)19/h6-9,12,20,23H,10-11H2,1-5H3. The fourth-order valence-corrected chi connectivity index (χ4v) is 3.07. The van der Waals surface area contributed by atoms with Crippen LogP contribution < -0.4 is 5.32 Å². The molecule has 1 aromatic heterocycles. The second-order valence-corrected chi connectivity index (χ2v) is 6.75. The number of rotatable bonds is 6. The Morgan fingerprint density at radius 1 is 1.35 bits per heavy atom. The largest absolute Gasteiger partial charge is 0.385 e. The number of aryl methyl sites for hydroxylation is 2. The first-order chi connectivity index (χ1) is 10.7. The predicted molar refractivity (Wildman–Crippen MR) is 90.7 cm³/mol. The van der Waals surface area contributed by atoms with Crippen molar-refractivity contribution >= 4 is 5.69 Å². The maximum atomic E-state index is 14.0. The molecule has 1 heterocycles. The highest BCUT2D eigenvalue weighted by Gasteiger charge is 2.27. The monoisotopic (exact) mass is 319 g/mol. The number of benzene rings is 1. The van der Waals surface area contributed by atoms with Crippen molar-refractivity contribution in [2.75, 3.05) is 5.32 Å². The second kappa shape index (κ2) is 6.71. The Balaban J connectivity index is 2.24. The van der Waals surface area contributed by atoms with Crippen molar-refractivity contribution in [1.82, 2.24) is 9.78 Å². The van der Waals surface area contributed by atoms with Crippen LogP contribution in [-0.4, -0.2) is 14.9 Å². The Kier molecular flexibility index (Phi) is 5.09. The van der Waals surface area contributed by atoms with Crippen molar-refractivity contribution in [2.45, 2.75) is 46.3 Å². The minimum atomic E-state index is -0.930. The van der Waals surface area contributed by atoms with E-state index in [0.29, 0.717) is 30.1 Å². The van der Waals surface area contributed by atoms with E-state index >= 15 is 0 Å². The van der Waals surface area contributed by atoms with Gasteiger partial charge in [-0.3, -0.25) is 0 Å². The summed E-state index contributed by atoms with van der Waals surface area (Å²) in [6.07, 6.45) is 0.659. The van der Waals surface area contributed by atoms with E-state index in [-0.39, 0.29) is 5.95 Å². The molecule has 2 N–H and O–H groups in total. The molecule has 4 nitrogen and oxygen atoms in total. The maximum absolute atomic E-state index is 14.0. The van der Waals surface area contributed by atoms with Crippen molar-refractivity contribution in [2.24, 2.45) is 13.0 Å². The zero-order valence-corrected chi connectivity index (χ0v) is 14.5. The van der Waals surface area contributed by atoms with Gasteiger partial charge in [0.1, 0.15) is 0 Å². The number of hydrogen-bond donors (Lipinski definition) is 2. The zero-order valence-electron chi connectivity index (χ0n) is 14.5. The van der Waals surface area contributed by atoms with Gasteiger partial charge in [0, 0.05) is 30.4 Å². The third-order valence-corrected chi connectivity index (χ3v) is 4.04. The normalized spacial score (nSPS) is 14.1. The molecule has 2 aromatic rings. The van der Waals surface area contributed by atoms with Crippen molar-refractivity contribution in [3.8, 4) is 0 Å². The first-order valence-corrected chi connectivity index (χ1v) is 7.96. The minimum absolute atomic E-state index is 0.332. The molecular formula is C18H26FN3O. The average molecular weight is 319 g/mol. The van der Waals surface area contributed by atoms with E-state index in [1.165, 1.54) is 4.68 Å². The quantitative estimate of drug-likeness (QED) is 0.853. The van der Waals surface area contributed by atoms with Crippen LogP contribution in [0.3, 0.4) is 0 Å². The highest BCUT2D eigenvalue weighted by Crippen LogP contribution is 2.33. The van der Waals surface area contributed by atoms with Crippen molar-refractivity contribution < 1.29 is 9.50 Å². The zero-order chi connectivity index (χ0) is 17.2. The highest BCUT2D eigenvalue weighted by molar-refractivity contribution is 5.54. The molecule has 0 amide bonds. The number of aliphatic hydroxyl groups is 1. The van der Waals surface area contributed by atoms with Crippen LogP contribution in [0.4, 0.5) is 10.1 Å². The van der Waals surface area contributed by atoms with Gasteiger partial charge in [0.05, 0.1) is 11.3 Å². The summed E-state index contributed by atoms with van der Waals surface area (Å²) < 4.78 is 15.3. The fraction of sp³-hybridized carbons (Fsp3) is 0.500. The van der Waals surface area contributed by atoms with Crippen molar-refractivity contribution in [1.29, 1.82) is 0 Å². The summed E-state index contributed by atoms with van der Waals surface area (Å²) in [5.41, 5.74) is 1.94. The number of hydrogen-bond acceptors (Lipinski definition) is 3. The molecule has 0 fully saturated rings. The summed E-state index contributed by atoms with van der Waals surface area (Å²) in [6, 6.07) is 7.64. The molecule has 5 heteroatoms. The van der Waals surface area contributed by atoms with E-state index in [1.54, 1.807) is 14.0 Å². The number of anilines is 1. The minimum Gasteiger partial charge on any atom is -0.385 e. The summed E-state index contributed by atoms with van der Waals surface area (Å²) in [6.45, 7) is 8.11. The lowest BCUT2D eigenvalue weighted by Gasteiger charge is -2.28. The summed E-state index contributed by atoms with van der Waals surface area (Å²) >= 11 is 0. The van der Waals surface area contributed by atoms with Crippen LogP contribution in [0.2, 0.25) is 0 Å². The number of para-hydroxylation sites is 1. The molecule has 0 saturated carbocycles. The molecule has 1 unspecified atom stereocenters. The molecule has 0 spiro atoms. The van der Waals surface area contributed by atoms with Crippen LogP contribution in [0.25, 0.3) is 0 Å². The Hall–Kier alpha value is -1.88. The van der Waals surface area contributed by atoms with Gasteiger partial charge in [0.2, 0.25) is 5.95 Å². The van der Waals surface area contributed by atoms with Crippen LogP contribution in [0.15, 0.2) is 24.3 Å². The van der Waals surface area contributed by atoms with Gasteiger partial charge in [-0.25, -0.2) is 4.68 Å². The molecule has 23 heavy (non-hydrogen) atoms. The van der Waals surface area contributed by atoms with Gasteiger partial charge in [-0.1, -0.05) is 32.0 Å². The molecular weight excluding hydrogens is 293 g/mol. The Bertz CT molecular complexity index is 677. The van der Waals surface area contributed by atoms with E-state index in [4.69, 9.17) is 0 Å². The lowest BCUT2D eigenvalue weighted by atomic mass is 9.86. The maximum Gasteiger partial charge on any atom is 0.216 e. The van der Waals surface area contributed by atoms with Gasteiger partial charge in [-0.05, 0) is 32.3 Å². The van der Waals surface area contributed by atoms with Gasteiger partial charge in [0.15, 0.2) is 0 Å². The third-order valence-electron chi connectivity index (χ3n) is 4.04.